The van der Waals surface area contributed by atoms with Crippen molar-refractivity contribution in [1.82, 2.24) is 15.0 Å². The van der Waals surface area contributed by atoms with Crippen molar-refractivity contribution in [3.63, 3.8) is 0 Å². The van der Waals surface area contributed by atoms with Crippen molar-refractivity contribution < 1.29 is 10.0 Å². The number of nitrogens with one attached hydrogen (secondary N) is 2. The SMILES string of the molecule is O=c1[nH]c(/C=C\c2c[nH]c3ccccc23)nc(O)c1[N+](=O)[O-]. The first-order chi connectivity index (χ1) is 10.6. The number of rotatable bonds is 3. The largest absolute Gasteiger partial charge is 0.488 e. The predicted molar refractivity (Wildman–Crippen MR) is 80.4 cm³/mol. The second-order valence-electron chi connectivity index (χ2n) is 4.50. The van der Waals surface area contributed by atoms with Crippen LogP contribution >= 0.6 is 0 Å². The third kappa shape index (κ3) is 2.33. The van der Waals surface area contributed by atoms with Crippen LogP contribution in [0, 0.1) is 10.1 Å². The van der Waals surface area contributed by atoms with E-state index in [-0.39, 0.29) is 5.82 Å². The summed E-state index contributed by atoms with van der Waals surface area (Å²) >= 11 is 0. The standard InChI is InChI=1S/C14H10N4O4/c19-13-12(18(21)22)14(20)17-11(16-13)6-5-8-7-15-10-4-2-1-3-9(8)10/h1-7,15H,(H2,16,17,19,20)/b6-5-. The molecule has 3 aromatic rings. The molecule has 110 valence electrons. The summed E-state index contributed by atoms with van der Waals surface area (Å²) in [7, 11) is 0. The van der Waals surface area contributed by atoms with Crippen molar-refractivity contribution >= 4 is 28.7 Å². The van der Waals surface area contributed by atoms with Crippen LogP contribution in [-0.4, -0.2) is 25.0 Å². The Bertz CT molecular complexity index is 955. The van der Waals surface area contributed by atoms with Gasteiger partial charge in [0.05, 0.1) is 4.92 Å². The van der Waals surface area contributed by atoms with E-state index >= 15 is 0 Å². The highest BCUT2D eigenvalue weighted by molar-refractivity contribution is 5.91. The van der Waals surface area contributed by atoms with Gasteiger partial charge in [-0.3, -0.25) is 14.9 Å². The van der Waals surface area contributed by atoms with Crippen LogP contribution in [0.5, 0.6) is 5.88 Å². The van der Waals surface area contributed by atoms with Crippen LogP contribution in [0.15, 0.2) is 35.3 Å². The number of H-pyrrole nitrogens is 2. The van der Waals surface area contributed by atoms with E-state index < -0.39 is 22.0 Å². The number of nitrogens with zero attached hydrogens (tertiary/aromatic N) is 2. The molecule has 1 aromatic carbocycles. The Balaban J connectivity index is 2.00. The molecule has 3 rings (SSSR count). The minimum Gasteiger partial charge on any atom is -0.488 e. The fraction of sp³-hybridized carbons (Fsp3) is 0. The molecule has 2 aromatic heterocycles. The summed E-state index contributed by atoms with van der Waals surface area (Å²) < 4.78 is 0. The zero-order valence-electron chi connectivity index (χ0n) is 11.1. The number of benzene rings is 1. The Morgan fingerprint density at radius 2 is 2.05 bits per heavy atom. The second kappa shape index (κ2) is 5.17. The van der Waals surface area contributed by atoms with E-state index in [1.54, 1.807) is 12.3 Å². The van der Waals surface area contributed by atoms with E-state index in [2.05, 4.69) is 15.0 Å². The van der Waals surface area contributed by atoms with Gasteiger partial charge in [-0.25, -0.2) is 0 Å². The van der Waals surface area contributed by atoms with E-state index in [9.17, 15) is 20.0 Å². The zero-order valence-corrected chi connectivity index (χ0v) is 11.1. The number of hydrogen-bond donors (Lipinski definition) is 3. The van der Waals surface area contributed by atoms with Crippen molar-refractivity contribution in [3.8, 4) is 5.88 Å². The number of hydrogen-bond acceptors (Lipinski definition) is 5. The minimum absolute atomic E-state index is 0.0263. The first-order valence-electron chi connectivity index (χ1n) is 6.28. The van der Waals surface area contributed by atoms with Gasteiger partial charge >= 0.3 is 11.2 Å². The summed E-state index contributed by atoms with van der Waals surface area (Å²) in [6, 6.07) is 7.64. The van der Waals surface area contributed by atoms with Gasteiger partial charge in [0.1, 0.15) is 5.82 Å². The van der Waals surface area contributed by atoms with Gasteiger partial charge in [-0.05, 0) is 23.8 Å². The van der Waals surface area contributed by atoms with E-state index in [4.69, 9.17) is 0 Å². The normalized spacial score (nSPS) is 11.3. The fourth-order valence-corrected chi connectivity index (χ4v) is 2.12. The first-order valence-corrected chi connectivity index (χ1v) is 6.28. The summed E-state index contributed by atoms with van der Waals surface area (Å²) in [6.45, 7) is 0. The molecule has 8 nitrogen and oxygen atoms in total. The number of fused-ring (bicyclic) bond motifs is 1. The summed E-state index contributed by atoms with van der Waals surface area (Å²) in [5.74, 6) is -0.884. The number of aromatic hydroxyl groups is 1. The van der Waals surface area contributed by atoms with Gasteiger partial charge in [-0.2, -0.15) is 4.98 Å². The molecule has 3 N–H and O–H groups in total. The molecule has 0 bridgehead atoms. The lowest BCUT2D eigenvalue weighted by Gasteiger charge is -1.96. The molecule has 8 heteroatoms. The summed E-state index contributed by atoms with van der Waals surface area (Å²) in [4.78, 5) is 30.1. The molecule has 0 radical (unpaired) electrons. The molecule has 0 atom stereocenters. The first kappa shape index (κ1) is 13.6. The second-order valence-corrected chi connectivity index (χ2v) is 4.50. The molecule has 0 unspecified atom stereocenters. The third-order valence-electron chi connectivity index (χ3n) is 3.12. The molecule has 22 heavy (non-hydrogen) atoms. The molecule has 0 amide bonds. The topological polar surface area (TPSA) is 125 Å². The highest BCUT2D eigenvalue weighted by atomic mass is 16.6. The van der Waals surface area contributed by atoms with Gasteiger partial charge < -0.3 is 15.1 Å². The number of para-hydroxylation sites is 1. The molecule has 0 aliphatic rings. The summed E-state index contributed by atoms with van der Waals surface area (Å²) in [5.41, 5.74) is -0.161. The maximum Gasteiger partial charge on any atom is 0.395 e. The molecule has 0 aliphatic carbocycles. The Morgan fingerprint density at radius 1 is 1.27 bits per heavy atom. The number of aromatic nitrogens is 3. The lowest BCUT2D eigenvalue weighted by Crippen LogP contribution is -2.14. The number of nitro groups is 1. The Hall–Kier alpha value is -3.42. The average Bonchev–Trinajstić information content (AvgIpc) is 2.87. The summed E-state index contributed by atoms with van der Waals surface area (Å²) in [5, 5.41) is 21.0. The van der Waals surface area contributed by atoms with Crippen LogP contribution in [0.4, 0.5) is 5.69 Å². The minimum atomic E-state index is -1.00. The molecule has 0 saturated carbocycles. The van der Waals surface area contributed by atoms with Crippen LogP contribution in [-0.2, 0) is 0 Å². The highest BCUT2D eigenvalue weighted by Gasteiger charge is 2.21. The van der Waals surface area contributed by atoms with E-state index in [1.807, 2.05) is 24.3 Å². The van der Waals surface area contributed by atoms with Crippen LogP contribution in [0.25, 0.3) is 23.1 Å². The van der Waals surface area contributed by atoms with Crippen molar-refractivity contribution in [3.05, 3.63) is 62.3 Å². The van der Waals surface area contributed by atoms with Gasteiger partial charge in [-0.15, -0.1) is 0 Å². The van der Waals surface area contributed by atoms with Crippen LogP contribution in [0.3, 0.4) is 0 Å². The third-order valence-corrected chi connectivity index (χ3v) is 3.12. The molecule has 0 spiro atoms. The Kier molecular flexibility index (Phi) is 3.18. The van der Waals surface area contributed by atoms with Gasteiger partial charge in [0, 0.05) is 17.1 Å². The molecule has 0 aliphatic heterocycles. The van der Waals surface area contributed by atoms with Crippen LogP contribution < -0.4 is 5.56 Å². The van der Waals surface area contributed by atoms with Crippen LogP contribution in [0.1, 0.15) is 11.4 Å². The van der Waals surface area contributed by atoms with Gasteiger partial charge in [0.15, 0.2) is 0 Å². The fourth-order valence-electron chi connectivity index (χ4n) is 2.12. The maximum absolute atomic E-state index is 11.5. The highest BCUT2D eigenvalue weighted by Crippen LogP contribution is 2.20. The molecular weight excluding hydrogens is 288 g/mol. The molecule has 0 saturated heterocycles. The number of aromatic amines is 2. The van der Waals surface area contributed by atoms with Gasteiger partial charge in [0.2, 0.25) is 0 Å². The summed E-state index contributed by atoms with van der Waals surface area (Å²) in [6.07, 6.45) is 4.92. The lowest BCUT2D eigenvalue weighted by molar-refractivity contribution is -0.387. The smallest absolute Gasteiger partial charge is 0.395 e. The van der Waals surface area contributed by atoms with Crippen molar-refractivity contribution in [2.45, 2.75) is 0 Å². The van der Waals surface area contributed by atoms with Crippen molar-refractivity contribution in [1.29, 1.82) is 0 Å². The maximum atomic E-state index is 11.5. The predicted octanol–water partition coefficient (Wildman–Crippen LogP) is 2.04. The molecular formula is C14H10N4O4. The quantitative estimate of drug-likeness (QED) is 0.504. The van der Waals surface area contributed by atoms with E-state index in [0.29, 0.717) is 0 Å². The van der Waals surface area contributed by atoms with Gasteiger partial charge in [0.25, 0.3) is 5.88 Å². The Morgan fingerprint density at radius 3 is 2.77 bits per heavy atom. The molecule has 2 heterocycles. The monoisotopic (exact) mass is 298 g/mol. The van der Waals surface area contributed by atoms with Crippen molar-refractivity contribution in [2.75, 3.05) is 0 Å². The average molecular weight is 298 g/mol. The Labute approximate surface area is 122 Å². The van der Waals surface area contributed by atoms with E-state index in [0.717, 1.165) is 16.5 Å². The lowest BCUT2D eigenvalue weighted by atomic mass is 10.1. The zero-order chi connectivity index (χ0) is 15.7. The van der Waals surface area contributed by atoms with E-state index in [1.165, 1.54) is 6.08 Å². The van der Waals surface area contributed by atoms with Crippen molar-refractivity contribution in [2.24, 2.45) is 0 Å². The molecule has 0 fully saturated rings. The van der Waals surface area contributed by atoms with Crippen LogP contribution in [0.2, 0.25) is 0 Å². The van der Waals surface area contributed by atoms with Gasteiger partial charge in [-0.1, -0.05) is 18.2 Å².